The van der Waals surface area contributed by atoms with Crippen molar-refractivity contribution < 1.29 is 4.74 Å². The Kier molecular flexibility index (Phi) is 4.55. The van der Waals surface area contributed by atoms with Crippen LogP contribution in [0.3, 0.4) is 0 Å². The number of benzene rings is 1. The van der Waals surface area contributed by atoms with Gasteiger partial charge in [-0.15, -0.1) is 0 Å². The van der Waals surface area contributed by atoms with E-state index >= 15 is 0 Å². The maximum Gasteiger partial charge on any atom is 0.185 e. The lowest BCUT2D eigenvalue weighted by Crippen LogP contribution is -2.38. The molecule has 6 heteroatoms. The molecule has 0 unspecified atom stereocenters. The van der Waals surface area contributed by atoms with Gasteiger partial charge in [0.25, 0.3) is 0 Å². The van der Waals surface area contributed by atoms with Gasteiger partial charge in [-0.1, -0.05) is 29.3 Å². The van der Waals surface area contributed by atoms with Crippen molar-refractivity contribution in [3.8, 4) is 0 Å². The maximum atomic E-state index is 6.33. The molecule has 0 aromatic heterocycles. The van der Waals surface area contributed by atoms with E-state index in [1.165, 1.54) is 0 Å². The molecule has 1 aliphatic rings. The molecule has 2 rings (SSSR count). The third-order valence-corrected chi connectivity index (χ3v) is 4.06. The molecule has 0 atom stereocenters. The van der Waals surface area contributed by atoms with Crippen molar-refractivity contribution in [1.29, 1.82) is 0 Å². The Morgan fingerprint density at radius 3 is 2.53 bits per heavy atom. The average molecular weight is 302 g/mol. The summed E-state index contributed by atoms with van der Waals surface area (Å²) in [7, 11) is 0. The SMILES string of the molecule is NC(N)=NCC1(c2ccc(Cl)cc2Cl)CCOCC1. The summed E-state index contributed by atoms with van der Waals surface area (Å²) in [5.74, 6) is 0.0935. The number of ether oxygens (including phenoxy) is 1. The van der Waals surface area contributed by atoms with Gasteiger partial charge in [-0.3, -0.25) is 4.99 Å². The van der Waals surface area contributed by atoms with Gasteiger partial charge in [0.2, 0.25) is 0 Å². The average Bonchev–Trinajstić information content (AvgIpc) is 2.37. The van der Waals surface area contributed by atoms with Gasteiger partial charge in [0.05, 0.1) is 6.54 Å². The van der Waals surface area contributed by atoms with E-state index < -0.39 is 0 Å². The molecule has 0 amide bonds. The van der Waals surface area contributed by atoms with E-state index in [2.05, 4.69) is 4.99 Å². The van der Waals surface area contributed by atoms with E-state index in [0.29, 0.717) is 29.8 Å². The Labute approximate surface area is 122 Å². The van der Waals surface area contributed by atoms with Gasteiger partial charge < -0.3 is 16.2 Å². The molecular formula is C13H17Cl2N3O. The molecule has 104 valence electrons. The zero-order valence-electron chi connectivity index (χ0n) is 10.5. The van der Waals surface area contributed by atoms with Crippen molar-refractivity contribution in [3.63, 3.8) is 0 Å². The molecule has 0 aliphatic carbocycles. The smallest absolute Gasteiger partial charge is 0.185 e. The molecule has 0 spiro atoms. The highest BCUT2D eigenvalue weighted by Gasteiger charge is 2.36. The lowest BCUT2D eigenvalue weighted by Gasteiger charge is -2.37. The quantitative estimate of drug-likeness (QED) is 0.664. The standard InChI is InChI=1S/C13H17Cl2N3O/c14-9-1-2-10(11(15)7-9)13(8-18-12(16)17)3-5-19-6-4-13/h1-2,7H,3-6,8H2,(H4,16,17,18). The molecule has 1 fully saturated rings. The van der Waals surface area contributed by atoms with Crippen molar-refractivity contribution >= 4 is 29.2 Å². The number of nitrogens with zero attached hydrogens (tertiary/aromatic N) is 1. The third-order valence-electron chi connectivity index (χ3n) is 3.52. The molecule has 1 aliphatic heterocycles. The Balaban J connectivity index is 2.38. The molecule has 4 nitrogen and oxygen atoms in total. The normalized spacial score (nSPS) is 18.0. The van der Waals surface area contributed by atoms with E-state index in [-0.39, 0.29) is 11.4 Å². The van der Waals surface area contributed by atoms with E-state index in [1.54, 1.807) is 6.07 Å². The minimum Gasteiger partial charge on any atom is -0.381 e. The number of aliphatic imine (C=N–C) groups is 1. The minimum absolute atomic E-state index is 0.0935. The van der Waals surface area contributed by atoms with Gasteiger partial charge >= 0.3 is 0 Å². The summed E-state index contributed by atoms with van der Waals surface area (Å²) in [6, 6.07) is 5.55. The molecule has 4 N–H and O–H groups in total. The number of nitrogens with two attached hydrogens (primary N) is 2. The van der Waals surface area contributed by atoms with Crippen molar-refractivity contribution in [2.45, 2.75) is 18.3 Å². The van der Waals surface area contributed by atoms with Crippen molar-refractivity contribution in [2.24, 2.45) is 16.5 Å². The number of hydrogen-bond donors (Lipinski definition) is 2. The molecule has 1 aromatic carbocycles. The second-order valence-corrected chi connectivity index (χ2v) is 5.60. The number of hydrogen-bond acceptors (Lipinski definition) is 2. The lowest BCUT2D eigenvalue weighted by molar-refractivity contribution is 0.0531. The fraction of sp³-hybridized carbons (Fsp3) is 0.462. The van der Waals surface area contributed by atoms with Crippen LogP contribution in [0.2, 0.25) is 10.0 Å². The number of halogens is 2. The van der Waals surface area contributed by atoms with E-state index in [9.17, 15) is 0 Å². The van der Waals surface area contributed by atoms with Crippen LogP contribution >= 0.6 is 23.2 Å². The summed E-state index contributed by atoms with van der Waals surface area (Å²) in [4.78, 5) is 4.19. The van der Waals surface area contributed by atoms with Crippen molar-refractivity contribution in [1.82, 2.24) is 0 Å². The predicted octanol–water partition coefficient (Wildman–Crippen LogP) is 2.32. The van der Waals surface area contributed by atoms with Gasteiger partial charge in [0, 0.05) is 28.7 Å². The Bertz CT molecular complexity index is 481. The largest absolute Gasteiger partial charge is 0.381 e. The Morgan fingerprint density at radius 1 is 1.26 bits per heavy atom. The first kappa shape index (κ1) is 14.4. The molecular weight excluding hydrogens is 285 g/mol. The van der Waals surface area contributed by atoms with Crippen LogP contribution < -0.4 is 11.5 Å². The summed E-state index contributed by atoms with van der Waals surface area (Å²) >= 11 is 12.3. The topological polar surface area (TPSA) is 73.6 Å². The van der Waals surface area contributed by atoms with Gasteiger partial charge in [-0.2, -0.15) is 0 Å². The number of rotatable bonds is 3. The molecule has 19 heavy (non-hydrogen) atoms. The van der Waals surface area contributed by atoms with Gasteiger partial charge in [0.15, 0.2) is 5.96 Å². The zero-order valence-corrected chi connectivity index (χ0v) is 12.0. The second-order valence-electron chi connectivity index (χ2n) is 4.76. The first-order valence-corrected chi connectivity index (χ1v) is 6.88. The highest BCUT2D eigenvalue weighted by molar-refractivity contribution is 6.35. The van der Waals surface area contributed by atoms with Crippen LogP contribution in [-0.2, 0) is 10.2 Å². The fourth-order valence-corrected chi connectivity index (χ4v) is 3.05. The Hall–Kier alpha value is -0.970. The van der Waals surface area contributed by atoms with Crippen molar-refractivity contribution in [3.05, 3.63) is 33.8 Å². The van der Waals surface area contributed by atoms with Crippen LogP contribution in [0.4, 0.5) is 0 Å². The second kappa shape index (κ2) is 5.99. The highest BCUT2D eigenvalue weighted by atomic mass is 35.5. The lowest BCUT2D eigenvalue weighted by atomic mass is 9.74. The molecule has 0 saturated carbocycles. The van der Waals surface area contributed by atoms with Crippen LogP contribution in [0.15, 0.2) is 23.2 Å². The molecule has 1 heterocycles. The fourth-order valence-electron chi connectivity index (χ4n) is 2.44. The zero-order chi connectivity index (χ0) is 13.9. The summed E-state index contributed by atoms with van der Waals surface area (Å²) in [5.41, 5.74) is 11.8. The minimum atomic E-state index is -0.177. The monoisotopic (exact) mass is 301 g/mol. The third kappa shape index (κ3) is 3.32. The van der Waals surface area contributed by atoms with Gasteiger partial charge in [-0.25, -0.2) is 0 Å². The van der Waals surface area contributed by atoms with E-state index in [1.807, 2.05) is 12.1 Å². The molecule has 1 saturated heterocycles. The summed E-state index contributed by atoms with van der Waals surface area (Å²) in [6.45, 7) is 1.87. The highest BCUT2D eigenvalue weighted by Crippen LogP contribution is 2.39. The maximum absolute atomic E-state index is 6.33. The van der Waals surface area contributed by atoms with Crippen LogP contribution in [0, 0.1) is 0 Å². The predicted molar refractivity (Wildman–Crippen MR) is 78.9 cm³/mol. The van der Waals surface area contributed by atoms with Crippen LogP contribution in [0.25, 0.3) is 0 Å². The van der Waals surface area contributed by atoms with Gasteiger partial charge in [0.1, 0.15) is 0 Å². The van der Waals surface area contributed by atoms with E-state index in [4.69, 9.17) is 39.4 Å². The number of guanidine groups is 1. The van der Waals surface area contributed by atoms with Gasteiger partial charge in [-0.05, 0) is 30.5 Å². The molecule has 0 radical (unpaired) electrons. The molecule has 0 bridgehead atoms. The summed E-state index contributed by atoms with van der Waals surface area (Å²) in [6.07, 6.45) is 1.68. The summed E-state index contributed by atoms with van der Waals surface area (Å²) < 4.78 is 5.44. The van der Waals surface area contributed by atoms with Crippen LogP contribution in [0.1, 0.15) is 18.4 Å². The Morgan fingerprint density at radius 2 is 1.95 bits per heavy atom. The van der Waals surface area contributed by atoms with Crippen LogP contribution in [0.5, 0.6) is 0 Å². The first-order chi connectivity index (χ1) is 9.03. The van der Waals surface area contributed by atoms with Crippen LogP contribution in [-0.4, -0.2) is 25.7 Å². The van der Waals surface area contributed by atoms with Crippen molar-refractivity contribution in [2.75, 3.05) is 19.8 Å². The first-order valence-electron chi connectivity index (χ1n) is 6.12. The molecule has 1 aromatic rings. The summed E-state index contributed by atoms with van der Waals surface area (Å²) in [5, 5.41) is 1.28. The van der Waals surface area contributed by atoms with E-state index in [0.717, 1.165) is 18.4 Å².